The summed E-state index contributed by atoms with van der Waals surface area (Å²) in [6, 6.07) is 4.62. The van der Waals surface area contributed by atoms with Gasteiger partial charge in [-0.3, -0.25) is 9.59 Å². The van der Waals surface area contributed by atoms with Crippen molar-refractivity contribution in [1.29, 1.82) is 0 Å². The number of nitrogens with one attached hydrogen (secondary N) is 1. The number of ether oxygens (including phenoxy) is 1. The fourth-order valence-electron chi connectivity index (χ4n) is 1.96. The number of amides is 2. The first-order valence-electron chi connectivity index (χ1n) is 6.27. The predicted molar refractivity (Wildman–Crippen MR) is 66.7 cm³/mol. The lowest BCUT2D eigenvalue weighted by Crippen LogP contribution is -2.37. The van der Waals surface area contributed by atoms with Crippen molar-refractivity contribution in [1.82, 2.24) is 10.2 Å². The van der Waals surface area contributed by atoms with Crippen molar-refractivity contribution in [2.75, 3.05) is 19.6 Å². The first-order chi connectivity index (χ1) is 9.85. The summed E-state index contributed by atoms with van der Waals surface area (Å²) in [5.41, 5.74) is 0.208. The molecule has 1 saturated heterocycles. The lowest BCUT2D eigenvalue weighted by atomic mass is 10.2. The van der Waals surface area contributed by atoms with Gasteiger partial charge in [-0.1, -0.05) is 0 Å². The van der Waals surface area contributed by atoms with Gasteiger partial charge < -0.3 is 15.0 Å². The van der Waals surface area contributed by atoms with E-state index < -0.39 is 18.0 Å². The smallest absolute Gasteiger partial charge is 0.406 e. The summed E-state index contributed by atoms with van der Waals surface area (Å²) in [6.07, 6.45) is -4.14. The second-order valence-electron chi connectivity index (χ2n) is 4.50. The van der Waals surface area contributed by atoms with Gasteiger partial charge in [-0.2, -0.15) is 0 Å². The molecule has 0 unspecified atom stereocenters. The van der Waals surface area contributed by atoms with Crippen molar-refractivity contribution in [2.45, 2.75) is 12.8 Å². The first-order valence-corrected chi connectivity index (χ1v) is 6.27. The number of alkyl halides is 3. The van der Waals surface area contributed by atoms with Crippen molar-refractivity contribution >= 4 is 11.8 Å². The Labute approximate surface area is 118 Å². The Bertz CT molecular complexity index is 528. The summed E-state index contributed by atoms with van der Waals surface area (Å²) in [7, 11) is 0. The summed E-state index contributed by atoms with van der Waals surface area (Å²) in [5, 5.41) is 2.64. The van der Waals surface area contributed by atoms with Gasteiger partial charge in [0.25, 0.3) is 5.91 Å². The maximum Gasteiger partial charge on any atom is 0.573 e. The molecule has 1 aromatic carbocycles. The molecule has 0 atom stereocenters. The van der Waals surface area contributed by atoms with Crippen LogP contribution in [-0.4, -0.2) is 42.7 Å². The molecule has 0 aromatic heterocycles. The monoisotopic (exact) mass is 302 g/mol. The predicted octanol–water partition coefficient (Wildman–Crippen LogP) is 1.55. The summed E-state index contributed by atoms with van der Waals surface area (Å²) < 4.78 is 39.8. The number of halogens is 3. The van der Waals surface area contributed by atoms with E-state index in [2.05, 4.69) is 10.1 Å². The van der Waals surface area contributed by atoms with Crippen molar-refractivity contribution in [2.24, 2.45) is 0 Å². The minimum Gasteiger partial charge on any atom is -0.406 e. The number of hydrogen-bond donors (Lipinski definition) is 1. The van der Waals surface area contributed by atoms with Crippen LogP contribution in [0.5, 0.6) is 5.75 Å². The van der Waals surface area contributed by atoms with Crippen LogP contribution < -0.4 is 10.1 Å². The minimum absolute atomic E-state index is 0.0559. The molecular weight excluding hydrogens is 289 g/mol. The van der Waals surface area contributed by atoms with Crippen LogP contribution in [-0.2, 0) is 4.79 Å². The Hall–Kier alpha value is -2.25. The summed E-state index contributed by atoms with van der Waals surface area (Å²) in [4.78, 5) is 24.9. The van der Waals surface area contributed by atoms with Crippen LogP contribution in [0.1, 0.15) is 16.8 Å². The van der Waals surface area contributed by atoms with Crippen LogP contribution in [0.15, 0.2) is 24.3 Å². The molecule has 1 fully saturated rings. The topological polar surface area (TPSA) is 58.6 Å². The fraction of sp³-hybridized carbons (Fsp3) is 0.385. The zero-order valence-corrected chi connectivity index (χ0v) is 10.9. The Morgan fingerprint density at radius 2 is 1.90 bits per heavy atom. The molecule has 1 aliphatic rings. The van der Waals surface area contributed by atoms with Gasteiger partial charge in [0.05, 0.1) is 6.54 Å². The fourth-order valence-corrected chi connectivity index (χ4v) is 1.96. The third-order valence-corrected chi connectivity index (χ3v) is 2.88. The average molecular weight is 302 g/mol. The van der Waals surface area contributed by atoms with E-state index in [0.29, 0.717) is 19.5 Å². The molecule has 21 heavy (non-hydrogen) atoms. The van der Waals surface area contributed by atoms with Crippen LogP contribution in [0.2, 0.25) is 0 Å². The number of carbonyl (C=O) groups is 2. The zero-order chi connectivity index (χ0) is 15.5. The van der Waals surface area contributed by atoms with Gasteiger partial charge in [0.15, 0.2) is 0 Å². The summed E-state index contributed by atoms with van der Waals surface area (Å²) in [6.45, 7) is 0.860. The number of carbonyl (C=O) groups excluding carboxylic acids is 2. The highest BCUT2D eigenvalue weighted by Gasteiger charge is 2.31. The normalized spacial score (nSPS) is 16.1. The number of rotatable bonds is 2. The molecule has 0 bridgehead atoms. The molecule has 1 aliphatic heterocycles. The maximum atomic E-state index is 12.2. The van der Waals surface area contributed by atoms with E-state index in [1.807, 2.05) is 0 Å². The molecule has 0 aliphatic carbocycles. The second kappa shape index (κ2) is 6.02. The van der Waals surface area contributed by atoms with E-state index in [-0.39, 0.29) is 18.0 Å². The molecular formula is C13H13F3N2O3. The molecule has 2 rings (SSSR count). The van der Waals surface area contributed by atoms with Gasteiger partial charge in [-0.25, -0.2) is 0 Å². The van der Waals surface area contributed by atoms with Crippen molar-refractivity contribution in [3.8, 4) is 5.75 Å². The van der Waals surface area contributed by atoms with E-state index in [9.17, 15) is 22.8 Å². The van der Waals surface area contributed by atoms with Gasteiger partial charge in [-0.05, 0) is 30.7 Å². The van der Waals surface area contributed by atoms with E-state index >= 15 is 0 Å². The molecule has 5 nitrogen and oxygen atoms in total. The third-order valence-electron chi connectivity index (χ3n) is 2.88. The van der Waals surface area contributed by atoms with Gasteiger partial charge in [0, 0.05) is 18.7 Å². The molecule has 8 heteroatoms. The Balaban J connectivity index is 2.07. The first kappa shape index (κ1) is 15.1. The quantitative estimate of drug-likeness (QED) is 0.901. The SMILES string of the molecule is O=C1CN(C(=O)c2ccc(OC(F)(F)F)cc2)CCCN1. The third kappa shape index (κ3) is 4.37. The average Bonchev–Trinajstić information content (AvgIpc) is 2.62. The Morgan fingerprint density at radius 1 is 1.24 bits per heavy atom. The van der Waals surface area contributed by atoms with Crippen LogP contribution >= 0.6 is 0 Å². The van der Waals surface area contributed by atoms with E-state index in [0.717, 1.165) is 12.1 Å². The van der Waals surface area contributed by atoms with E-state index in [1.165, 1.54) is 17.0 Å². The molecule has 1 N–H and O–H groups in total. The van der Waals surface area contributed by atoms with Gasteiger partial charge in [0.2, 0.25) is 5.91 Å². The number of benzene rings is 1. The maximum absolute atomic E-state index is 12.2. The molecule has 0 spiro atoms. The largest absolute Gasteiger partial charge is 0.573 e. The van der Waals surface area contributed by atoms with Crippen LogP contribution in [0.4, 0.5) is 13.2 Å². The van der Waals surface area contributed by atoms with Crippen LogP contribution in [0, 0.1) is 0 Å². The highest BCUT2D eigenvalue weighted by Crippen LogP contribution is 2.23. The number of nitrogens with zero attached hydrogens (tertiary/aromatic N) is 1. The zero-order valence-electron chi connectivity index (χ0n) is 10.9. The highest BCUT2D eigenvalue weighted by molar-refractivity contribution is 5.96. The van der Waals surface area contributed by atoms with E-state index in [4.69, 9.17) is 0 Å². The number of hydrogen-bond acceptors (Lipinski definition) is 3. The molecule has 1 heterocycles. The molecule has 114 valence electrons. The molecule has 2 amide bonds. The summed E-state index contributed by atoms with van der Waals surface area (Å²) >= 11 is 0. The van der Waals surface area contributed by atoms with E-state index in [1.54, 1.807) is 0 Å². The second-order valence-corrected chi connectivity index (χ2v) is 4.50. The van der Waals surface area contributed by atoms with Crippen molar-refractivity contribution < 1.29 is 27.5 Å². The molecule has 0 saturated carbocycles. The minimum atomic E-state index is -4.77. The Kier molecular flexibility index (Phi) is 4.35. The van der Waals surface area contributed by atoms with Gasteiger partial charge >= 0.3 is 6.36 Å². The molecule has 0 radical (unpaired) electrons. The highest BCUT2D eigenvalue weighted by atomic mass is 19.4. The van der Waals surface area contributed by atoms with Crippen molar-refractivity contribution in [3.63, 3.8) is 0 Å². The Morgan fingerprint density at radius 3 is 2.52 bits per heavy atom. The molecule has 1 aromatic rings. The lowest BCUT2D eigenvalue weighted by molar-refractivity contribution is -0.274. The van der Waals surface area contributed by atoms with Crippen molar-refractivity contribution in [3.05, 3.63) is 29.8 Å². The standard InChI is InChI=1S/C13H13F3N2O3/c14-13(15,16)21-10-4-2-9(3-5-10)12(20)18-7-1-6-17-11(19)8-18/h2-5H,1,6-8H2,(H,17,19). The van der Waals surface area contributed by atoms with Gasteiger partial charge in [0.1, 0.15) is 5.75 Å². The van der Waals surface area contributed by atoms with Crippen LogP contribution in [0.3, 0.4) is 0 Å². The lowest BCUT2D eigenvalue weighted by Gasteiger charge is -2.19. The van der Waals surface area contributed by atoms with Gasteiger partial charge in [-0.15, -0.1) is 13.2 Å². The van der Waals surface area contributed by atoms with Crippen LogP contribution in [0.25, 0.3) is 0 Å². The summed E-state index contributed by atoms with van der Waals surface area (Å²) in [5.74, 6) is -1.05.